The van der Waals surface area contributed by atoms with Crippen molar-refractivity contribution in [2.45, 2.75) is 84.5 Å². The lowest BCUT2D eigenvalue weighted by Crippen LogP contribution is -1.93. The molecule has 116 valence electrons. The van der Waals surface area contributed by atoms with Gasteiger partial charge in [-0.15, -0.1) is 0 Å². The van der Waals surface area contributed by atoms with Gasteiger partial charge in [-0.1, -0.05) is 68.7 Å². The van der Waals surface area contributed by atoms with Crippen LogP contribution in [0.4, 0.5) is 0 Å². The van der Waals surface area contributed by atoms with Crippen molar-refractivity contribution in [2.75, 3.05) is 0 Å². The first-order valence-electron chi connectivity index (χ1n) is 8.17. The first-order chi connectivity index (χ1) is 9.66. The Morgan fingerprint density at radius 2 is 1.30 bits per heavy atom. The Bertz CT molecular complexity index is 290. The predicted octanol–water partition coefficient (Wildman–Crippen LogP) is 5.88. The first kappa shape index (κ1) is 18.9. The highest BCUT2D eigenvalue weighted by Crippen LogP contribution is 2.13. The summed E-state index contributed by atoms with van der Waals surface area (Å²) in [6, 6.07) is 0. The van der Waals surface area contributed by atoms with E-state index < -0.39 is 5.97 Å². The van der Waals surface area contributed by atoms with Gasteiger partial charge < -0.3 is 5.11 Å². The lowest BCUT2D eigenvalue weighted by atomic mass is 10.0. The zero-order valence-corrected chi connectivity index (χ0v) is 13.4. The molecule has 2 heteroatoms. The highest BCUT2D eigenvalue weighted by molar-refractivity contribution is 5.66. The monoisotopic (exact) mass is 280 g/mol. The van der Waals surface area contributed by atoms with Crippen LogP contribution in [0, 0.1) is 0 Å². The molecule has 0 aromatic rings. The lowest BCUT2D eigenvalue weighted by molar-refractivity contribution is -0.137. The summed E-state index contributed by atoms with van der Waals surface area (Å²) in [6.07, 6.45) is 18.9. The number of carbonyl (C=O) groups is 1. The minimum Gasteiger partial charge on any atom is -0.481 e. The Morgan fingerprint density at radius 3 is 1.75 bits per heavy atom. The number of unbranched alkanes of at least 4 members (excludes halogenated alkanes) is 8. The molecule has 20 heavy (non-hydrogen) atoms. The van der Waals surface area contributed by atoms with Gasteiger partial charge in [0.2, 0.25) is 0 Å². The van der Waals surface area contributed by atoms with Crippen molar-refractivity contribution in [2.24, 2.45) is 0 Å². The smallest absolute Gasteiger partial charge is 0.303 e. The summed E-state index contributed by atoms with van der Waals surface area (Å²) < 4.78 is 0. The van der Waals surface area contributed by atoms with E-state index in [0.717, 1.165) is 12.8 Å². The lowest BCUT2D eigenvalue weighted by Gasteiger charge is -2.03. The molecule has 0 heterocycles. The van der Waals surface area contributed by atoms with E-state index in [9.17, 15) is 4.79 Å². The van der Waals surface area contributed by atoms with Crippen LogP contribution in [0.2, 0.25) is 0 Å². The molecule has 0 aromatic carbocycles. The van der Waals surface area contributed by atoms with Gasteiger partial charge in [0.15, 0.2) is 0 Å². The molecule has 0 spiro atoms. The molecule has 0 atom stereocenters. The number of carboxylic acid groups (broad SMARTS) is 1. The average Bonchev–Trinajstić information content (AvgIpc) is 2.42. The maximum atomic E-state index is 10.3. The van der Waals surface area contributed by atoms with Gasteiger partial charge in [0.25, 0.3) is 0 Å². The van der Waals surface area contributed by atoms with Gasteiger partial charge >= 0.3 is 5.97 Å². The zero-order valence-electron chi connectivity index (χ0n) is 13.4. The molecule has 0 amide bonds. The molecule has 0 aliphatic rings. The predicted molar refractivity (Wildman–Crippen MR) is 87.0 cm³/mol. The van der Waals surface area contributed by atoms with Gasteiger partial charge in [-0.3, -0.25) is 4.79 Å². The van der Waals surface area contributed by atoms with E-state index in [2.05, 4.69) is 25.2 Å². The molecule has 0 aromatic heterocycles. The van der Waals surface area contributed by atoms with Crippen molar-refractivity contribution in [3.8, 4) is 0 Å². The van der Waals surface area contributed by atoms with Crippen LogP contribution in [-0.2, 0) is 4.79 Å². The van der Waals surface area contributed by atoms with Crippen LogP contribution < -0.4 is 0 Å². The average molecular weight is 280 g/mol. The summed E-state index contributed by atoms with van der Waals surface area (Å²) in [5, 5.41) is 8.52. The molecular formula is C18H32O2. The number of carboxylic acids is 1. The highest BCUT2D eigenvalue weighted by atomic mass is 16.4. The normalized spacial score (nSPS) is 12.2. The number of aliphatic carboxylic acids is 1. The molecule has 0 saturated carbocycles. The fraction of sp³-hybridized carbons (Fsp3) is 0.722. The van der Waals surface area contributed by atoms with Crippen LogP contribution in [0.25, 0.3) is 0 Å². The Hall–Kier alpha value is -1.05. The zero-order chi connectivity index (χ0) is 15.1. The van der Waals surface area contributed by atoms with E-state index in [1.54, 1.807) is 0 Å². The van der Waals surface area contributed by atoms with Crippen LogP contribution in [-0.4, -0.2) is 11.1 Å². The topological polar surface area (TPSA) is 37.3 Å². The second-order valence-electron chi connectivity index (χ2n) is 5.61. The Kier molecular flexibility index (Phi) is 13.6. The van der Waals surface area contributed by atoms with Crippen molar-refractivity contribution in [3.63, 3.8) is 0 Å². The standard InChI is InChI=1S/C18H32O2/c1-3-4-14-17(2)15-12-10-8-6-5-7-9-11-13-16-18(19)20/h3-4,14H,5-13,15-16H2,1-2H3,(H,19,20)/b4-3-,17-14+. The summed E-state index contributed by atoms with van der Waals surface area (Å²) in [5.74, 6) is -0.663. The summed E-state index contributed by atoms with van der Waals surface area (Å²) in [4.78, 5) is 10.3. The highest BCUT2D eigenvalue weighted by Gasteiger charge is 1.97. The quantitative estimate of drug-likeness (QED) is 0.337. The number of allylic oxidation sites excluding steroid dienone is 4. The third kappa shape index (κ3) is 15.0. The maximum Gasteiger partial charge on any atom is 0.303 e. The van der Waals surface area contributed by atoms with E-state index in [-0.39, 0.29) is 0 Å². The second-order valence-corrected chi connectivity index (χ2v) is 5.61. The van der Waals surface area contributed by atoms with E-state index in [1.807, 2.05) is 6.92 Å². The van der Waals surface area contributed by atoms with Crippen molar-refractivity contribution in [3.05, 3.63) is 23.8 Å². The third-order valence-electron chi connectivity index (χ3n) is 3.53. The number of rotatable bonds is 13. The molecule has 0 aliphatic carbocycles. The largest absolute Gasteiger partial charge is 0.481 e. The molecule has 0 rings (SSSR count). The van der Waals surface area contributed by atoms with Crippen LogP contribution in [0.1, 0.15) is 84.5 Å². The molecule has 1 N–H and O–H groups in total. The minimum absolute atomic E-state index is 0.333. The van der Waals surface area contributed by atoms with Crippen LogP contribution in [0.15, 0.2) is 23.8 Å². The van der Waals surface area contributed by atoms with Crippen molar-refractivity contribution in [1.82, 2.24) is 0 Å². The molecule has 0 aliphatic heterocycles. The van der Waals surface area contributed by atoms with Gasteiger partial charge in [0.1, 0.15) is 0 Å². The van der Waals surface area contributed by atoms with Crippen LogP contribution in [0.3, 0.4) is 0 Å². The Labute approximate surface area is 125 Å². The second kappa shape index (κ2) is 14.4. The van der Waals surface area contributed by atoms with E-state index in [0.29, 0.717) is 6.42 Å². The molecule has 0 bridgehead atoms. The fourth-order valence-electron chi connectivity index (χ4n) is 2.26. The van der Waals surface area contributed by atoms with Gasteiger partial charge in [0, 0.05) is 6.42 Å². The van der Waals surface area contributed by atoms with Gasteiger partial charge in [-0.05, 0) is 33.1 Å². The van der Waals surface area contributed by atoms with E-state index in [4.69, 9.17) is 5.11 Å². The first-order valence-corrected chi connectivity index (χ1v) is 8.17. The van der Waals surface area contributed by atoms with Gasteiger partial charge in [0.05, 0.1) is 0 Å². The molecule has 0 unspecified atom stereocenters. The van der Waals surface area contributed by atoms with Crippen molar-refractivity contribution >= 4 is 5.97 Å². The molecule has 0 saturated heterocycles. The number of hydrogen-bond donors (Lipinski definition) is 1. The van der Waals surface area contributed by atoms with Gasteiger partial charge in [-0.25, -0.2) is 0 Å². The molecule has 0 fully saturated rings. The third-order valence-corrected chi connectivity index (χ3v) is 3.53. The summed E-state index contributed by atoms with van der Waals surface area (Å²) in [7, 11) is 0. The fourth-order valence-corrected chi connectivity index (χ4v) is 2.26. The molecule has 0 radical (unpaired) electrons. The van der Waals surface area contributed by atoms with Crippen LogP contribution >= 0.6 is 0 Å². The molecular weight excluding hydrogens is 248 g/mol. The molecule has 2 nitrogen and oxygen atoms in total. The van der Waals surface area contributed by atoms with Crippen molar-refractivity contribution < 1.29 is 9.90 Å². The number of hydrogen-bond acceptors (Lipinski definition) is 1. The maximum absolute atomic E-state index is 10.3. The van der Waals surface area contributed by atoms with Crippen LogP contribution in [0.5, 0.6) is 0 Å². The van der Waals surface area contributed by atoms with E-state index >= 15 is 0 Å². The SMILES string of the molecule is C/C=C\C=C(/C)CCCCCCCCCCCC(=O)O. The summed E-state index contributed by atoms with van der Waals surface area (Å²) in [5.41, 5.74) is 1.47. The summed E-state index contributed by atoms with van der Waals surface area (Å²) in [6.45, 7) is 4.25. The van der Waals surface area contributed by atoms with Crippen molar-refractivity contribution in [1.29, 1.82) is 0 Å². The Morgan fingerprint density at radius 1 is 0.850 bits per heavy atom. The minimum atomic E-state index is -0.663. The summed E-state index contributed by atoms with van der Waals surface area (Å²) >= 11 is 0. The van der Waals surface area contributed by atoms with E-state index in [1.165, 1.54) is 56.9 Å². The van der Waals surface area contributed by atoms with Gasteiger partial charge in [-0.2, -0.15) is 0 Å². The Balaban J connectivity index is 3.19.